The number of hydrogen-bond acceptors (Lipinski definition) is 4. The van der Waals surface area contributed by atoms with Crippen LogP contribution in [0, 0.1) is 0 Å². The average molecular weight is 418 g/mol. The molecular weight excluding hydrogens is 398 g/mol. The number of amides is 1. The van der Waals surface area contributed by atoms with Crippen molar-refractivity contribution in [2.75, 3.05) is 19.5 Å². The lowest BCUT2D eigenvalue weighted by Gasteiger charge is -2.30. The molecule has 0 unspecified atom stereocenters. The average Bonchev–Trinajstić information content (AvgIpc) is 2.66. The predicted molar refractivity (Wildman–Crippen MR) is 114 cm³/mol. The van der Waals surface area contributed by atoms with Gasteiger partial charge in [0.2, 0.25) is 0 Å². The van der Waals surface area contributed by atoms with Gasteiger partial charge in [-0.1, -0.05) is 23.7 Å². The molecular formula is C20H20ClN3O3S. The molecule has 0 saturated heterocycles. The molecule has 0 bridgehead atoms. The number of thiocarbonyl (C=S) groups is 1. The van der Waals surface area contributed by atoms with Gasteiger partial charge in [0.15, 0.2) is 16.6 Å². The molecule has 1 atom stereocenters. The first-order valence-corrected chi connectivity index (χ1v) is 9.28. The number of rotatable bonds is 5. The highest BCUT2D eigenvalue weighted by molar-refractivity contribution is 7.80. The lowest BCUT2D eigenvalue weighted by molar-refractivity contribution is -0.113. The molecule has 1 aliphatic rings. The molecule has 3 N–H and O–H groups in total. The van der Waals surface area contributed by atoms with Crippen LogP contribution in [0.15, 0.2) is 53.7 Å². The van der Waals surface area contributed by atoms with E-state index < -0.39 is 6.04 Å². The topological polar surface area (TPSA) is 71.6 Å². The Bertz CT molecular complexity index is 961. The summed E-state index contributed by atoms with van der Waals surface area (Å²) < 4.78 is 10.7. The number of carbonyl (C=O) groups excluding carboxylic acids is 1. The van der Waals surface area contributed by atoms with E-state index in [1.807, 2.05) is 19.1 Å². The second-order valence-electron chi connectivity index (χ2n) is 6.15. The van der Waals surface area contributed by atoms with Gasteiger partial charge in [-0.25, -0.2) is 0 Å². The monoisotopic (exact) mass is 417 g/mol. The van der Waals surface area contributed by atoms with Gasteiger partial charge in [0.25, 0.3) is 5.91 Å². The molecule has 0 radical (unpaired) electrons. The summed E-state index contributed by atoms with van der Waals surface area (Å²) in [6, 6.07) is 12.0. The summed E-state index contributed by atoms with van der Waals surface area (Å²) in [4.78, 5) is 13.1. The quantitative estimate of drug-likeness (QED) is 0.643. The van der Waals surface area contributed by atoms with Crippen LogP contribution in [0.4, 0.5) is 5.69 Å². The number of ether oxygens (including phenoxy) is 2. The van der Waals surface area contributed by atoms with Crippen molar-refractivity contribution in [2.24, 2.45) is 0 Å². The van der Waals surface area contributed by atoms with Gasteiger partial charge in [0, 0.05) is 16.4 Å². The maximum atomic E-state index is 13.1. The third kappa shape index (κ3) is 4.21. The zero-order valence-electron chi connectivity index (χ0n) is 15.6. The number of hydrogen-bond donors (Lipinski definition) is 3. The molecule has 8 heteroatoms. The standard InChI is InChI=1S/C20H20ClN3O3S/c1-11-17(19(25)23-14-6-4-5-13(21)10-14)18(24-20(28)22-11)12-7-8-15(26-2)16(9-12)27-3/h4-10,18H,1-3H3,(H,23,25)(H2,22,24,28)/t18-/m1/s1. The molecule has 0 spiro atoms. The third-order valence-corrected chi connectivity index (χ3v) is 4.79. The second-order valence-corrected chi connectivity index (χ2v) is 6.99. The summed E-state index contributed by atoms with van der Waals surface area (Å²) in [5.74, 6) is 0.911. The van der Waals surface area contributed by atoms with Gasteiger partial charge in [-0.15, -0.1) is 0 Å². The Morgan fingerprint density at radius 3 is 2.57 bits per heavy atom. The Balaban J connectivity index is 1.98. The summed E-state index contributed by atoms with van der Waals surface area (Å²) in [6.45, 7) is 1.81. The molecule has 28 heavy (non-hydrogen) atoms. The van der Waals surface area contributed by atoms with Gasteiger partial charge in [-0.3, -0.25) is 4.79 Å². The van der Waals surface area contributed by atoms with E-state index >= 15 is 0 Å². The lowest BCUT2D eigenvalue weighted by atomic mass is 9.94. The number of carbonyl (C=O) groups is 1. The van der Waals surface area contributed by atoms with Crippen LogP contribution in [0.2, 0.25) is 5.02 Å². The van der Waals surface area contributed by atoms with Crippen molar-refractivity contribution in [3.63, 3.8) is 0 Å². The SMILES string of the molecule is COc1ccc([C@H]2NC(=S)NC(C)=C2C(=O)Nc2cccc(Cl)c2)cc1OC. The third-order valence-electron chi connectivity index (χ3n) is 4.34. The molecule has 146 valence electrons. The van der Waals surface area contributed by atoms with Crippen molar-refractivity contribution >= 4 is 40.5 Å². The molecule has 1 heterocycles. The Morgan fingerprint density at radius 2 is 1.89 bits per heavy atom. The minimum absolute atomic E-state index is 0.262. The van der Waals surface area contributed by atoms with E-state index in [-0.39, 0.29) is 5.91 Å². The summed E-state index contributed by atoms with van der Waals surface area (Å²) in [5.41, 5.74) is 2.61. The van der Waals surface area contributed by atoms with Crippen molar-refractivity contribution in [1.29, 1.82) is 0 Å². The molecule has 0 aromatic heterocycles. The fourth-order valence-corrected chi connectivity index (χ4v) is 3.50. The Hall–Kier alpha value is -2.77. The summed E-state index contributed by atoms with van der Waals surface area (Å²) in [5, 5.41) is 10.0. The smallest absolute Gasteiger partial charge is 0.255 e. The highest BCUT2D eigenvalue weighted by atomic mass is 35.5. The number of allylic oxidation sites excluding steroid dienone is 1. The minimum Gasteiger partial charge on any atom is -0.493 e. The van der Waals surface area contributed by atoms with Crippen molar-refractivity contribution in [3.05, 3.63) is 64.3 Å². The molecule has 0 fully saturated rings. The number of methoxy groups -OCH3 is 2. The minimum atomic E-state index is -0.451. The van der Waals surface area contributed by atoms with Gasteiger partial charge in [-0.2, -0.15) is 0 Å². The van der Waals surface area contributed by atoms with Crippen molar-refractivity contribution in [2.45, 2.75) is 13.0 Å². The van der Waals surface area contributed by atoms with E-state index in [1.54, 1.807) is 44.6 Å². The number of benzene rings is 2. The van der Waals surface area contributed by atoms with E-state index in [9.17, 15) is 4.79 Å². The lowest BCUT2D eigenvalue weighted by Crippen LogP contribution is -2.45. The van der Waals surface area contributed by atoms with Gasteiger partial charge in [0.1, 0.15) is 0 Å². The summed E-state index contributed by atoms with van der Waals surface area (Å²) in [7, 11) is 3.14. The van der Waals surface area contributed by atoms with Gasteiger partial charge in [-0.05, 0) is 55.0 Å². The molecule has 3 rings (SSSR count). The van der Waals surface area contributed by atoms with E-state index in [4.69, 9.17) is 33.3 Å². The van der Waals surface area contributed by atoms with Crippen LogP contribution >= 0.6 is 23.8 Å². The second kappa shape index (κ2) is 8.50. The Labute approximate surface area is 173 Å². The molecule has 0 saturated carbocycles. The Morgan fingerprint density at radius 1 is 1.14 bits per heavy atom. The van der Waals surface area contributed by atoms with Gasteiger partial charge < -0.3 is 25.4 Å². The first-order chi connectivity index (χ1) is 13.4. The largest absolute Gasteiger partial charge is 0.493 e. The first-order valence-electron chi connectivity index (χ1n) is 8.50. The maximum absolute atomic E-state index is 13.1. The van der Waals surface area contributed by atoms with E-state index in [1.165, 1.54) is 0 Å². The van der Waals surface area contributed by atoms with Gasteiger partial charge in [0.05, 0.1) is 25.8 Å². The number of halogens is 1. The number of nitrogens with one attached hydrogen (secondary N) is 3. The molecule has 1 aliphatic heterocycles. The molecule has 0 aliphatic carbocycles. The highest BCUT2D eigenvalue weighted by Crippen LogP contribution is 2.34. The van der Waals surface area contributed by atoms with E-state index in [2.05, 4.69) is 16.0 Å². The zero-order valence-corrected chi connectivity index (χ0v) is 17.2. The van der Waals surface area contributed by atoms with Crippen LogP contribution < -0.4 is 25.4 Å². The molecule has 6 nitrogen and oxygen atoms in total. The van der Waals surface area contributed by atoms with E-state index in [0.29, 0.717) is 38.6 Å². The zero-order chi connectivity index (χ0) is 20.3. The molecule has 1 amide bonds. The van der Waals surface area contributed by atoms with Crippen LogP contribution in [-0.2, 0) is 4.79 Å². The maximum Gasteiger partial charge on any atom is 0.255 e. The van der Waals surface area contributed by atoms with Crippen molar-refractivity contribution < 1.29 is 14.3 Å². The number of anilines is 1. The van der Waals surface area contributed by atoms with Crippen LogP contribution in [0.25, 0.3) is 0 Å². The summed E-state index contributed by atoms with van der Waals surface area (Å²) in [6.07, 6.45) is 0. The van der Waals surface area contributed by atoms with Crippen LogP contribution in [0.5, 0.6) is 11.5 Å². The fraction of sp³-hybridized carbons (Fsp3) is 0.200. The molecule has 2 aromatic carbocycles. The van der Waals surface area contributed by atoms with Crippen LogP contribution in [-0.4, -0.2) is 25.2 Å². The predicted octanol–water partition coefficient (Wildman–Crippen LogP) is 3.79. The van der Waals surface area contributed by atoms with E-state index in [0.717, 1.165) is 5.56 Å². The summed E-state index contributed by atoms with van der Waals surface area (Å²) >= 11 is 11.3. The van der Waals surface area contributed by atoms with Crippen molar-refractivity contribution in [3.8, 4) is 11.5 Å². The Kier molecular flexibility index (Phi) is 6.06. The highest BCUT2D eigenvalue weighted by Gasteiger charge is 2.30. The first kappa shape index (κ1) is 20.0. The normalized spacial score (nSPS) is 16.1. The fourth-order valence-electron chi connectivity index (χ4n) is 3.04. The van der Waals surface area contributed by atoms with Crippen LogP contribution in [0.1, 0.15) is 18.5 Å². The van der Waals surface area contributed by atoms with Crippen molar-refractivity contribution in [1.82, 2.24) is 10.6 Å². The molecule has 2 aromatic rings. The van der Waals surface area contributed by atoms with Gasteiger partial charge >= 0.3 is 0 Å². The van der Waals surface area contributed by atoms with Crippen LogP contribution in [0.3, 0.4) is 0 Å².